The Labute approximate surface area is 165 Å². The minimum absolute atomic E-state index is 0.409. The molecule has 3 heterocycles. The average Bonchev–Trinajstić information content (AvgIpc) is 3.28. The van der Waals surface area contributed by atoms with Gasteiger partial charge in [0.05, 0.1) is 0 Å². The van der Waals surface area contributed by atoms with Crippen LogP contribution in [0.5, 0.6) is 0 Å². The lowest BCUT2D eigenvalue weighted by molar-refractivity contribution is 0.423. The highest BCUT2D eigenvalue weighted by Crippen LogP contribution is 2.29. The van der Waals surface area contributed by atoms with Crippen LogP contribution in [0.1, 0.15) is 22.6 Å². The van der Waals surface area contributed by atoms with Crippen molar-refractivity contribution in [3.8, 4) is 22.8 Å². The monoisotopic (exact) mass is 398 g/mol. The Hall–Kier alpha value is -2.71. The van der Waals surface area contributed by atoms with E-state index in [1.54, 1.807) is 6.20 Å². The fraction of sp³-hybridized carbons (Fsp3) is 0.167. The van der Waals surface area contributed by atoms with Crippen LogP contribution < -0.4 is 0 Å². The average molecular weight is 399 g/mol. The van der Waals surface area contributed by atoms with E-state index in [9.17, 15) is 0 Å². The van der Waals surface area contributed by atoms with Crippen molar-refractivity contribution in [2.24, 2.45) is 7.05 Å². The van der Waals surface area contributed by atoms with Crippen LogP contribution in [-0.4, -0.2) is 29.9 Å². The van der Waals surface area contributed by atoms with E-state index in [1.165, 1.54) is 0 Å². The molecule has 1 aromatic carbocycles. The Morgan fingerprint density at radius 2 is 2.00 bits per heavy atom. The third-order valence-electron chi connectivity index (χ3n) is 4.07. The summed E-state index contributed by atoms with van der Waals surface area (Å²) in [7, 11) is 1.86. The summed E-state index contributed by atoms with van der Waals surface area (Å²) in [4.78, 5) is 8.62. The lowest BCUT2D eigenvalue weighted by Gasteiger charge is -2.07. The van der Waals surface area contributed by atoms with Gasteiger partial charge in [0.1, 0.15) is 5.25 Å². The van der Waals surface area contributed by atoms with Crippen LogP contribution in [0.4, 0.5) is 0 Å². The third-order valence-corrected chi connectivity index (χ3v) is 4.76. The molecule has 1 unspecified atom stereocenters. The zero-order valence-corrected chi connectivity index (χ0v) is 16.2. The first-order chi connectivity index (χ1) is 13.0. The molecule has 0 N–H and O–H groups in total. The van der Waals surface area contributed by atoms with Gasteiger partial charge in [-0.15, -0.1) is 10.2 Å². The number of nitrogens with zero attached hydrogens (tertiary/aromatic N) is 6. The van der Waals surface area contributed by atoms with Crippen molar-refractivity contribution >= 4 is 24.2 Å². The van der Waals surface area contributed by atoms with Crippen molar-refractivity contribution in [3.63, 3.8) is 0 Å². The molecule has 7 nitrogen and oxygen atoms in total. The number of aryl methyl sites for hydroxylation is 1. The number of hydrogen-bond acceptors (Lipinski definition) is 7. The van der Waals surface area contributed by atoms with E-state index in [0.29, 0.717) is 28.4 Å². The molecule has 0 bridgehead atoms. The van der Waals surface area contributed by atoms with Gasteiger partial charge in [-0.3, -0.25) is 4.98 Å². The molecular formula is C18H15ClN6OS. The van der Waals surface area contributed by atoms with Crippen LogP contribution in [0.2, 0.25) is 5.02 Å². The zero-order valence-electron chi connectivity index (χ0n) is 14.5. The van der Waals surface area contributed by atoms with Gasteiger partial charge >= 0.3 is 0 Å². The first kappa shape index (κ1) is 17.7. The Kier molecular flexibility index (Phi) is 4.67. The molecule has 0 aliphatic rings. The van der Waals surface area contributed by atoms with Crippen molar-refractivity contribution in [3.05, 3.63) is 65.0 Å². The molecule has 0 aliphatic carbocycles. The summed E-state index contributed by atoms with van der Waals surface area (Å²) in [5.41, 5.74) is 2.54. The molecule has 0 saturated carbocycles. The molecular weight excluding hydrogens is 384 g/mol. The largest absolute Gasteiger partial charge is 0.334 e. The summed E-state index contributed by atoms with van der Waals surface area (Å²) in [6, 6.07) is 11.1. The van der Waals surface area contributed by atoms with Crippen LogP contribution in [0.25, 0.3) is 22.8 Å². The maximum atomic E-state index is 6.08. The second-order valence-corrected chi connectivity index (χ2v) is 6.95. The molecule has 1 atom stereocenters. The summed E-state index contributed by atoms with van der Waals surface area (Å²) in [5.74, 6) is 2.11. The molecule has 0 aliphatic heterocycles. The molecule has 9 heteroatoms. The summed E-state index contributed by atoms with van der Waals surface area (Å²) < 4.78 is 7.23. The van der Waals surface area contributed by atoms with E-state index >= 15 is 0 Å². The normalized spacial score (nSPS) is 12.3. The highest BCUT2D eigenvalue weighted by atomic mass is 35.5. The predicted octanol–water partition coefficient (Wildman–Crippen LogP) is 3.91. The van der Waals surface area contributed by atoms with Crippen molar-refractivity contribution in [1.82, 2.24) is 29.9 Å². The van der Waals surface area contributed by atoms with E-state index in [-0.39, 0.29) is 0 Å². The molecule has 3 aromatic heterocycles. The summed E-state index contributed by atoms with van der Waals surface area (Å²) in [5, 5.41) is 12.7. The lowest BCUT2D eigenvalue weighted by atomic mass is 10.2. The second-order valence-electron chi connectivity index (χ2n) is 6.00. The van der Waals surface area contributed by atoms with Crippen LogP contribution in [0.3, 0.4) is 0 Å². The summed E-state index contributed by atoms with van der Waals surface area (Å²) in [6.45, 7) is 1.90. The maximum absolute atomic E-state index is 6.08. The molecule has 0 saturated heterocycles. The lowest BCUT2D eigenvalue weighted by Crippen LogP contribution is -2.05. The van der Waals surface area contributed by atoms with Gasteiger partial charge in [0, 0.05) is 35.1 Å². The third kappa shape index (κ3) is 3.45. The molecule has 4 aromatic rings. The van der Waals surface area contributed by atoms with E-state index in [0.717, 1.165) is 16.8 Å². The van der Waals surface area contributed by atoms with Crippen molar-refractivity contribution in [2.75, 3.05) is 0 Å². The Morgan fingerprint density at radius 3 is 2.78 bits per heavy atom. The van der Waals surface area contributed by atoms with Crippen LogP contribution >= 0.6 is 24.2 Å². The minimum atomic E-state index is -0.490. The van der Waals surface area contributed by atoms with Crippen molar-refractivity contribution < 1.29 is 4.52 Å². The van der Waals surface area contributed by atoms with E-state index in [2.05, 4.69) is 38.0 Å². The quantitative estimate of drug-likeness (QED) is 0.525. The van der Waals surface area contributed by atoms with E-state index in [4.69, 9.17) is 16.1 Å². The van der Waals surface area contributed by atoms with Crippen LogP contribution in [0, 0.1) is 6.92 Å². The smallest absolute Gasteiger partial charge is 0.258 e. The molecule has 27 heavy (non-hydrogen) atoms. The van der Waals surface area contributed by atoms with Gasteiger partial charge in [-0.05, 0) is 31.2 Å². The standard InChI is InChI=1S/C18H15ClN6OS/c1-10-8-12(6-7-20-10)18-21-15(24-26-18)14(27)17-23-22-16(25(17)2)11-4-3-5-13(19)9-11/h3-9,14,27H,1-2H3. The van der Waals surface area contributed by atoms with Gasteiger partial charge in [0.15, 0.2) is 17.5 Å². The predicted molar refractivity (Wildman–Crippen MR) is 105 cm³/mol. The topological polar surface area (TPSA) is 82.5 Å². The molecule has 0 fully saturated rings. The number of thiol groups is 1. The van der Waals surface area contributed by atoms with Gasteiger partial charge in [0.25, 0.3) is 5.89 Å². The highest BCUT2D eigenvalue weighted by molar-refractivity contribution is 7.80. The first-order valence-corrected chi connectivity index (χ1v) is 9.02. The van der Waals surface area contributed by atoms with Gasteiger partial charge in [-0.2, -0.15) is 17.6 Å². The van der Waals surface area contributed by atoms with Gasteiger partial charge in [0.2, 0.25) is 0 Å². The number of rotatable bonds is 4. The SMILES string of the molecule is Cc1cc(-c2nc(C(S)c3nnc(-c4cccc(Cl)c4)n3C)no2)ccn1. The first-order valence-electron chi connectivity index (χ1n) is 8.13. The summed E-state index contributed by atoms with van der Waals surface area (Å²) in [6.07, 6.45) is 1.70. The highest BCUT2D eigenvalue weighted by Gasteiger charge is 2.24. The Morgan fingerprint density at radius 1 is 1.15 bits per heavy atom. The summed E-state index contributed by atoms with van der Waals surface area (Å²) >= 11 is 10.7. The van der Waals surface area contributed by atoms with Gasteiger partial charge in [-0.1, -0.05) is 28.9 Å². The fourth-order valence-corrected chi connectivity index (χ4v) is 3.24. The van der Waals surface area contributed by atoms with Crippen molar-refractivity contribution in [1.29, 1.82) is 0 Å². The molecule has 0 spiro atoms. The number of aromatic nitrogens is 6. The Bertz CT molecular complexity index is 1110. The van der Waals surface area contributed by atoms with Crippen molar-refractivity contribution in [2.45, 2.75) is 12.2 Å². The molecule has 4 rings (SSSR count). The minimum Gasteiger partial charge on any atom is -0.334 e. The molecule has 0 radical (unpaired) electrons. The van der Waals surface area contributed by atoms with E-state index < -0.39 is 5.25 Å². The zero-order chi connectivity index (χ0) is 19.0. The number of hydrogen-bond donors (Lipinski definition) is 1. The molecule has 0 amide bonds. The molecule has 136 valence electrons. The second kappa shape index (κ2) is 7.13. The van der Waals surface area contributed by atoms with Crippen LogP contribution in [-0.2, 0) is 7.05 Å². The number of halogens is 1. The van der Waals surface area contributed by atoms with Gasteiger partial charge in [-0.25, -0.2) is 0 Å². The Balaban J connectivity index is 1.65. The fourth-order valence-electron chi connectivity index (χ4n) is 2.72. The van der Waals surface area contributed by atoms with Gasteiger partial charge < -0.3 is 9.09 Å². The number of benzene rings is 1. The van der Waals surface area contributed by atoms with Crippen LogP contribution in [0.15, 0.2) is 47.1 Å². The number of pyridine rings is 1. The maximum Gasteiger partial charge on any atom is 0.258 e. The van der Waals surface area contributed by atoms with E-state index in [1.807, 2.05) is 54.9 Å².